The van der Waals surface area contributed by atoms with E-state index in [0.717, 1.165) is 10.5 Å². The number of thioether (sulfide) groups is 1. The molecule has 0 aliphatic rings. The maximum atomic E-state index is 13.9. The van der Waals surface area contributed by atoms with Gasteiger partial charge < -0.3 is 30.2 Å². The normalized spacial score (nSPS) is 11.7. The van der Waals surface area contributed by atoms with E-state index in [-0.39, 0.29) is 11.6 Å². The van der Waals surface area contributed by atoms with Crippen molar-refractivity contribution in [3.8, 4) is 17.2 Å². The van der Waals surface area contributed by atoms with Crippen molar-refractivity contribution >= 4 is 46.9 Å². The van der Waals surface area contributed by atoms with Gasteiger partial charge in [0.2, 0.25) is 11.7 Å². The van der Waals surface area contributed by atoms with Gasteiger partial charge in [-0.1, -0.05) is 80.6 Å². The van der Waals surface area contributed by atoms with Gasteiger partial charge in [-0.3, -0.25) is 14.4 Å². The van der Waals surface area contributed by atoms with Crippen molar-refractivity contribution in [2.45, 2.75) is 29.9 Å². The SMILES string of the molecule is COc1cc(/C=C(/NC(=O)c2ccccc2)C(=O)Nc2cccc(SC(C(=O)Nc3ccc(C(C)C)cc3)c3ccccc3)c2)cc(OC)c1OC. The highest BCUT2D eigenvalue weighted by atomic mass is 32.2. The first-order chi connectivity index (χ1) is 25.2. The molecular formula is C42H41N3O6S. The third-order valence-electron chi connectivity index (χ3n) is 8.06. The van der Waals surface area contributed by atoms with Gasteiger partial charge in [-0.25, -0.2) is 0 Å². The van der Waals surface area contributed by atoms with Crippen LogP contribution in [0.4, 0.5) is 11.4 Å². The van der Waals surface area contributed by atoms with Gasteiger partial charge in [0.1, 0.15) is 10.9 Å². The zero-order valence-electron chi connectivity index (χ0n) is 29.6. The van der Waals surface area contributed by atoms with Crippen molar-refractivity contribution in [3.63, 3.8) is 0 Å². The molecule has 0 saturated carbocycles. The molecule has 0 saturated heterocycles. The Kier molecular flexibility index (Phi) is 12.7. The summed E-state index contributed by atoms with van der Waals surface area (Å²) >= 11 is 1.36. The molecule has 266 valence electrons. The number of carbonyl (C=O) groups is 3. The number of benzene rings is 5. The molecule has 0 aliphatic heterocycles. The second-order valence-corrected chi connectivity index (χ2v) is 13.2. The summed E-state index contributed by atoms with van der Waals surface area (Å²) in [5, 5.41) is 8.15. The van der Waals surface area contributed by atoms with Gasteiger partial charge in [0.25, 0.3) is 11.8 Å². The molecule has 10 heteroatoms. The van der Waals surface area contributed by atoms with Gasteiger partial charge in [-0.15, -0.1) is 11.8 Å². The van der Waals surface area contributed by atoms with Crippen molar-refractivity contribution < 1.29 is 28.6 Å². The highest BCUT2D eigenvalue weighted by Gasteiger charge is 2.23. The Bertz CT molecular complexity index is 2010. The average Bonchev–Trinajstić information content (AvgIpc) is 3.17. The minimum atomic E-state index is -0.586. The monoisotopic (exact) mass is 715 g/mol. The van der Waals surface area contributed by atoms with E-state index < -0.39 is 17.1 Å². The van der Waals surface area contributed by atoms with Gasteiger partial charge in [0, 0.05) is 21.8 Å². The zero-order valence-corrected chi connectivity index (χ0v) is 30.5. The third-order valence-corrected chi connectivity index (χ3v) is 9.31. The van der Waals surface area contributed by atoms with Crippen LogP contribution >= 0.6 is 11.8 Å². The van der Waals surface area contributed by atoms with Gasteiger partial charge in [-0.05, 0) is 83.3 Å². The Hall–Kier alpha value is -6.00. The third kappa shape index (κ3) is 9.61. The number of nitrogens with one attached hydrogen (secondary N) is 3. The molecule has 5 aromatic rings. The summed E-state index contributed by atoms with van der Waals surface area (Å²) in [7, 11) is 4.49. The van der Waals surface area contributed by atoms with E-state index in [1.54, 1.807) is 60.7 Å². The Morgan fingerprint density at radius 2 is 1.29 bits per heavy atom. The lowest BCUT2D eigenvalue weighted by molar-refractivity contribution is -0.116. The first kappa shape index (κ1) is 37.3. The fraction of sp³-hybridized carbons (Fsp3) is 0.167. The molecule has 5 aromatic carbocycles. The van der Waals surface area contributed by atoms with Gasteiger partial charge in [0.15, 0.2) is 11.5 Å². The number of hydrogen-bond donors (Lipinski definition) is 3. The first-order valence-corrected chi connectivity index (χ1v) is 17.5. The quantitative estimate of drug-likeness (QED) is 0.0778. The van der Waals surface area contributed by atoms with Crippen LogP contribution in [-0.2, 0) is 9.59 Å². The highest BCUT2D eigenvalue weighted by Crippen LogP contribution is 2.39. The Morgan fingerprint density at radius 1 is 0.654 bits per heavy atom. The molecule has 3 amide bonds. The summed E-state index contributed by atoms with van der Waals surface area (Å²) in [5.74, 6) is 0.334. The molecule has 1 atom stereocenters. The molecule has 3 N–H and O–H groups in total. The number of carbonyl (C=O) groups excluding carboxylic acids is 3. The summed E-state index contributed by atoms with van der Waals surface area (Å²) in [6.07, 6.45) is 1.53. The van der Waals surface area contributed by atoms with Crippen molar-refractivity contribution in [2.75, 3.05) is 32.0 Å². The fourth-order valence-corrected chi connectivity index (χ4v) is 6.42. The van der Waals surface area contributed by atoms with Crippen LogP contribution < -0.4 is 30.2 Å². The van der Waals surface area contributed by atoms with Crippen LogP contribution in [0.3, 0.4) is 0 Å². The van der Waals surface area contributed by atoms with Crippen LogP contribution in [0.2, 0.25) is 0 Å². The lowest BCUT2D eigenvalue weighted by Gasteiger charge is -2.18. The fourth-order valence-electron chi connectivity index (χ4n) is 5.34. The summed E-state index contributed by atoms with van der Waals surface area (Å²) in [4.78, 5) is 41.6. The van der Waals surface area contributed by atoms with Crippen molar-refractivity contribution in [3.05, 3.63) is 149 Å². The average molecular weight is 716 g/mol. The van der Waals surface area contributed by atoms with Crippen molar-refractivity contribution in [1.82, 2.24) is 5.32 Å². The molecule has 0 aromatic heterocycles. The summed E-state index contributed by atoms with van der Waals surface area (Å²) < 4.78 is 16.4. The van der Waals surface area contributed by atoms with Gasteiger partial charge >= 0.3 is 0 Å². The number of anilines is 2. The van der Waals surface area contributed by atoms with Crippen molar-refractivity contribution in [2.24, 2.45) is 0 Å². The predicted molar refractivity (Wildman–Crippen MR) is 207 cm³/mol. The molecule has 0 radical (unpaired) electrons. The van der Waals surface area contributed by atoms with E-state index >= 15 is 0 Å². The minimum absolute atomic E-state index is 0.0220. The number of amides is 3. The molecule has 0 bridgehead atoms. The lowest BCUT2D eigenvalue weighted by Crippen LogP contribution is -2.30. The minimum Gasteiger partial charge on any atom is -0.493 e. The number of methoxy groups -OCH3 is 3. The standard InChI is InChI=1S/C42H41N3O6S/c1-27(2)29-19-21-32(22-20-29)43-42(48)39(30-13-8-6-9-14-30)52-34-18-12-17-33(26-34)44-41(47)35(45-40(46)31-15-10-7-11-16-31)23-28-24-36(49-3)38(51-5)37(25-28)50-4/h6-27,39H,1-5H3,(H,43,48)(H,44,47)(H,45,46)/b35-23+. The summed E-state index contributed by atoms with van der Waals surface area (Å²) in [6.45, 7) is 4.25. The Balaban J connectivity index is 1.41. The van der Waals surface area contributed by atoms with E-state index in [4.69, 9.17) is 14.2 Å². The molecule has 1 unspecified atom stereocenters. The number of rotatable bonds is 14. The van der Waals surface area contributed by atoms with E-state index in [0.29, 0.717) is 45.7 Å². The highest BCUT2D eigenvalue weighted by molar-refractivity contribution is 8.00. The molecule has 9 nitrogen and oxygen atoms in total. The largest absolute Gasteiger partial charge is 0.493 e. The Morgan fingerprint density at radius 3 is 1.88 bits per heavy atom. The molecule has 52 heavy (non-hydrogen) atoms. The lowest BCUT2D eigenvalue weighted by atomic mass is 10.0. The first-order valence-electron chi connectivity index (χ1n) is 16.6. The molecule has 0 aliphatic carbocycles. The topological polar surface area (TPSA) is 115 Å². The maximum Gasteiger partial charge on any atom is 0.272 e. The van der Waals surface area contributed by atoms with E-state index in [1.807, 2.05) is 60.7 Å². The summed E-state index contributed by atoms with van der Waals surface area (Å²) in [5.41, 5.74) is 4.08. The number of ether oxygens (including phenoxy) is 3. The maximum absolute atomic E-state index is 13.9. The second kappa shape index (κ2) is 17.8. The van der Waals surface area contributed by atoms with E-state index in [2.05, 4.69) is 29.8 Å². The Labute approximate surface area is 308 Å². The van der Waals surface area contributed by atoms with E-state index in [1.165, 1.54) is 44.7 Å². The summed E-state index contributed by atoms with van der Waals surface area (Å²) in [6, 6.07) is 36.6. The van der Waals surface area contributed by atoms with Crippen molar-refractivity contribution in [1.29, 1.82) is 0 Å². The molecular weight excluding hydrogens is 675 g/mol. The smallest absolute Gasteiger partial charge is 0.272 e. The van der Waals surface area contributed by atoms with E-state index in [9.17, 15) is 14.4 Å². The van der Waals surface area contributed by atoms with Crippen LogP contribution in [0.1, 0.15) is 52.1 Å². The van der Waals surface area contributed by atoms with Gasteiger partial charge in [0.05, 0.1) is 21.3 Å². The van der Waals surface area contributed by atoms with Gasteiger partial charge in [-0.2, -0.15) is 0 Å². The van der Waals surface area contributed by atoms with Crippen LogP contribution in [0.15, 0.2) is 132 Å². The predicted octanol–water partition coefficient (Wildman–Crippen LogP) is 8.72. The molecule has 5 rings (SSSR count). The van der Waals surface area contributed by atoms with Crippen LogP contribution in [0.5, 0.6) is 17.2 Å². The molecule has 0 spiro atoms. The van der Waals surface area contributed by atoms with Crippen LogP contribution in [0, 0.1) is 0 Å². The van der Waals surface area contributed by atoms with Crippen LogP contribution in [0.25, 0.3) is 6.08 Å². The second-order valence-electron chi connectivity index (χ2n) is 12.0. The molecule has 0 heterocycles. The zero-order chi connectivity index (χ0) is 37.0. The number of hydrogen-bond acceptors (Lipinski definition) is 7. The van der Waals surface area contributed by atoms with Crippen LogP contribution in [-0.4, -0.2) is 39.1 Å². The molecule has 0 fully saturated rings.